The Morgan fingerprint density at radius 2 is 1.96 bits per heavy atom. The largest absolute Gasteiger partial charge is 0.462 e. The van der Waals surface area contributed by atoms with Gasteiger partial charge >= 0.3 is 11.9 Å². The number of piperazine rings is 1. The van der Waals surface area contributed by atoms with Crippen LogP contribution in [-0.4, -0.2) is 62.8 Å². The average molecular weight is 321 g/mol. The third kappa shape index (κ3) is 4.94. The lowest BCUT2D eigenvalue weighted by Gasteiger charge is -2.26. The van der Waals surface area contributed by atoms with E-state index in [1.165, 1.54) is 18.2 Å². The van der Waals surface area contributed by atoms with Gasteiger partial charge in [0.05, 0.1) is 17.7 Å². The maximum absolute atomic E-state index is 12.1. The number of hydrogen-bond acceptors (Lipinski definition) is 7. The third-order valence-electron chi connectivity index (χ3n) is 3.63. The molecule has 0 bridgehead atoms. The van der Waals surface area contributed by atoms with Crippen molar-refractivity contribution >= 4 is 17.6 Å². The number of nitrogens with two attached hydrogens (primary N) is 1. The first-order chi connectivity index (χ1) is 11.1. The van der Waals surface area contributed by atoms with Gasteiger partial charge in [0.2, 0.25) is 0 Å². The van der Waals surface area contributed by atoms with Crippen LogP contribution >= 0.6 is 0 Å². The Morgan fingerprint density at radius 1 is 1.22 bits per heavy atom. The molecule has 0 aromatic heterocycles. The highest BCUT2D eigenvalue weighted by atomic mass is 16.5. The van der Waals surface area contributed by atoms with Gasteiger partial charge < -0.3 is 20.5 Å². The molecule has 3 N–H and O–H groups in total. The number of hydrogen-bond donors (Lipinski definition) is 2. The first kappa shape index (κ1) is 17.2. The standard InChI is InChI=1S/C16H23N3O4/c1-2-22-15(20)12-3-4-13(14(17)11-12)16(21)23-10-9-19-7-5-18-6-8-19/h3-4,11,18H,2,5-10,17H2,1H3. The zero-order valence-corrected chi connectivity index (χ0v) is 13.3. The van der Waals surface area contributed by atoms with Gasteiger partial charge in [0.15, 0.2) is 0 Å². The molecular weight excluding hydrogens is 298 g/mol. The summed E-state index contributed by atoms with van der Waals surface area (Å²) in [6, 6.07) is 4.45. The minimum atomic E-state index is -0.479. The van der Waals surface area contributed by atoms with Crippen molar-refractivity contribution in [2.24, 2.45) is 0 Å². The van der Waals surface area contributed by atoms with Crippen LogP contribution in [0.5, 0.6) is 0 Å². The van der Waals surface area contributed by atoms with Crippen LogP contribution in [0.4, 0.5) is 5.69 Å². The number of benzene rings is 1. The smallest absolute Gasteiger partial charge is 0.340 e. The van der Waals surface area contributed by atoms with E-state index in [4.69, 9.17) is 15.2 Å². The number of nitrogens with zero attached hydrogens (tertiary/aromatic N) is 1. The molecule has 23 heavy (non-hydrogen) atoms. The van der Waals surface area contributed by atoms with Gasteiger partial charge in [-0.3, -0.25) is 4.90 Å². The molecule has 1 aromatic carbocycles. The molecule has 1 aliphatic heterocycles. The van der Waals surface area contributed by atoms with Crippen molar-refractivity contribution < 1.29 is 19.1 Å². The summed E-state index contributed by atoms with van der Waals surface area (Å²) in [5, 5.41) is 3.27. The normalized spacial score (nSPS) is 15.2. The minimum absolute atomic E-state index is 0.211. The zero-order valence-electron chi connectivity index (χ0n) is 13.3. The molecule has 1 fully saturated rings. The predicted molar refractivity (Wildman–Crippen MR) is 86.4 cm³/mol. The summed E-state index contributed by atoms with van der Waals surface area (Å²) in [5.74, 6) is -0.939. The zero-order chi connectivity index (χ0) is 16.7. The van der Waals surface area contributed by atoms with E-state index in [1.807, 2.05) is 0 Å². The molecule has 0 amide bonds. The molecule has 1 heterocycles. The minimum Gasteiger partial charge on any atom is -0.462 e. The van der Waals surface area contributed by atoms with Crippen LogP contribution in [0.3, 0.4) is 0 Å². The molecule has 0 aliphatic carbocycles. The summed E-state index contributed by atoms with van der Waals surface area (Å²) in [7, 11) is 0. The number of ether oxygens (including phenoxy) is 2. The second kappa shape index (κ2) is 8.50. The van der Waals surface area contributed by atoms with E-state index in [0.29, 0.717) is 18.7 Å². The molecule has 126 valence electrons. The van der Waals surface area contributed by atoms with Crippen LogP contribution in [0.2, 0.25) is 0 Å². The molecule has 0 atom stereocenters. The van der Waals surface area contributed by atoms with Crippen molar-refractivity contribution in [2.45, 2.75) is 6.92 Å². The SMILES string of the molecule is CCOC(=O)c1ccc(C(=O)OCCN2CCNCC2)c(N)c1. The topological polar surface area (TPSA) is 93.9 Å². The molecule has 1 saturated heterocycles. The van der Waals surface area contributed by atoms with Crippen LogP contribution in [0, 0.1) is 0 Å². The number of anilines is 1. The molecule has 7 heteroatoms. The maximum Gasteiger partial charge on any atom is 0.340 e. The van der Waals surface area contributed by atoms with Crippen molar-refractivity contribution in [3.05, 3.63) is 29.3 Å². The summed E-state index contributed by atoms with van der Waals surface area (Å²) in [6.07, 6.45) is 0. The van der Waals surface area contributed by atoms with Gasteiger partial charge in [0, 0.05) is 38.4 Å². The molecule has 2 rings (SSSR count). The number of carbonyl (C=O) groups excluding carboxylic acids is 2. The van der Waals surface area contributed by atoms with E-state index in [1.54, 1.807) is 6.92 Å². The summed E-state index contributed by atoms with van der Waals surface area (Å²) < 4.78 is 10.2. The Kier molecular flexibility index (Phi) is 6.37. The molecule has 1 aromatic rings. The van der Waals surface area contributed by atoms with Gasteiger partial charge in [-0.05, 0) is 25.1 Å². The van der Waals surface area contributed by atoms with Crippen LogP contribution < -0.4 is 11.1 Å². The average Bonchev–Trinajstić information content (AvgIpc) is 2.55. The molecule has 0 spiro atoms. The molecule has 0 radical (unpaired) electrons. The lowest BCUT2D eigenvalue weighted by molar-refractivity contribution is 0.0454. The Bertz CT molecular complexity index is 556. The monoisotopic (exact) mass is 321 g/mol. The predicted octanol–water partition coefficient (Wildman–Crippen LogP) is 0.508. The highest BCUT2D eigenvalue weighted by Crippen LogP contribution is 2.16. The van der Waals surface area contributed by atoms with E-state index >= 15 is 0 Å². The Morgan fingerprint density at radius 3 is 2.61 bits per heavy atom. The number of nitrogens with one attached hydrogen (secondary N) is 1. The van der Waals surface area contributed by atoms with E-state index in [-0.39, 0.29) is 17.9 Å². The van der Waals surface area contributed by atoms with Crippen LogP contribution in [0.15, 0.2) is 18.2 Å². The van der Waals surface area contributed by atoms with E-state index in [0.717, 1.165) is 26.2 Å². The molecule has 7 nitrogen and oxygen atoms in total. The van der Waals surface area contributed by atoms with Gasteiger partial charge in [0.1, 0.15) is 6.61 Å². The van der Waals surface area contributed by atoms with Crippen molar-refractivity contribution in [1.29, 1.82) is 0 Å². The quantitative estimate of drug-likeness (QED) is 0.582. The summed E-state index contributed by atoms with van der Waals surface area (Å²) >= 11 is 0. The first-order valence-electron chi connectivity index (χ1n) is 7.78. The maximum atomic E-state index is 12.1. The van der Waals surface area contributed by atoms with Gasteiger partial charge in [-0.15, -0.1) is 0 Å². The number of nitrogen functional groups attached to an aromatic ring is 1. The fourth-order valence-electron chi connectivity index (χ4n) is 2.37. The van der Waals surface area contributed by atoms with Gasteiger partial charge in [-0.2, -0.15) is 0 Å². The summed E-state index contributed by atoms with van der Waals surface area (Å²) in [5.41, 5.74) is 6.64. The number of rotatable bonds is 6. The first-order valence-corrected chi connectivity index (χ1v) is 7.78. The van der Waals surface area contributed by atoms with E-state index < -0.39 is 11.9 Å². The second-order valence-corrected chi connectivity index (χ2v) is 5.25. The van der Waals surface area contributed by atoms with E-state index in [2.05, 4.69) is 10.2 Å². The number of carbonyl (C=O) groups is 2. The summed E-state index contributed by atoms with van der Waals surface area (Å²) in [6.45, 7) is 6.85. The summed E-state index contributed by atoms with van der Waals surface area (Å²) in [4.78, 5) is 25.9. The van der Waals surface area contributed by atoms with E-state index in [9.17, 15) is 9.59 Å². The fourth-order valence-corrected chi connectivity index (χ4v) is 2.37. The molecule has 1 aliphatic rings. The number of esters is 2. The Hall–Kier alpha value is -2.12. The van der Waals surface area contributed by atoms with Crippen molar-refractivity contribution in [3.63, 3.8) is 0 Å². The highest BCUT2D eigenvalue weighted by Gasteiger charge is 2.16. The van der Waals surface area contributed by atoms with Crippen LogP contribution in [0.1, 0.15) is 27.6 Å². The molecule has 0 unspecified atom stereocenters. The lowest BCUT2D eigenvalue weighted by atomic mass is 10.1. The fraction of sp³-hybridized carbons (Fsp3) is 0.500. The Labute approximate surface area is 135 Å². The van der Waals surface area contributed by atoms with Gasteiger partial charge in [0.25, 0.3) is 0 Å². The van der Waals surface area contributed by atoms with Crippen molar-refractivity contribution in [1.82, 2.24) is 10.2 Å². The van der Waals surface area contributed by atoms with Crippen LogP contribution in [0.25, 0.3) is 0 Å². The second-order valence-electron chi connectivity index (χ2n) is 5.25. The van der Waals surface area contributed by atoms with Crippen molar-refractivity contribution in [2.75, 3.05) is 51.7 Å². The molecular formula is C16H23N3O4. The van der Waals surface area contributed by atoms with Crippen molar-refractivity contribution in [3.8, 4) is 0 Å². The third-order valence-corrected chi connectivity index (χ3v) is 3.63. The Balaban J connectivity index is 1.87. The molecule has 0 saturated carbocycles. The highest BCUT2D eigenvalue weighted by molar-refractivity contribution is 5.98. The lowest BCUT2D eigenvalue weighted by Crippen LogP contribution is -2.44. The van der Waals surface area contributed by atoms with Gasteiger partial charge in [-0.25, -0.2) is 9.59 Å². The van der Waals surface area contributed by atoms with Crippen LogP contribution in [-0.2, 0) is 9.47 Å². The van der Waals surface area contributed by atoms with Gasteiger partial charge in [-0.1, -0.05) is 0 Å².